The number of nitrogens with zero attached hydrogens (tertiary/aromatic N) is 8. The molecule has 6 bridgehead atoms. The van der Waals surface area contributed by atoms with Crippen molar-refractivity contribution in [2.45, 2.75) is 6.67 Å². The Morgan fingerprint density at radius 3 is 1.67 bits per heavy atom. The number of methoxy groups -OCH3 is 2. The Morgan fingerprint density at radius 1 is 0.467 bits per heavy atom. The highest BCUT2D eigenvalue weighted by Gasteiger charge is 2.29. The van der Waals surface area contributed by atoms with Gasteiger partial charge in [0.25, 0.3) is 0 Å². The predicted octanol–water partition coefficient (Wildman–Crippen LogP) is 5.06. The Balaban J connectivity index is 1.45. The number of aliphatic imine (C=N–C) groups is 4. The summed E-state index contributed by atoms with van der Waals surface area (Å²) in [6.07, 6.45) is 0. The van der Waals surface area contributed by atoms with Gasteiger partial charge in [0.05, 0.1) is 14.2 Å². The number of benzene rings is 4. The highest BCUT2D eigenvalue weighted by molar-refractivity contribution is 6.25. The molecule has 6 heterocycles. The molecule has 0 atom stereocenters. The molecule has 10 rings (SSSR count). The fourth-order valence-corrected chi connectivity index (χ4v) is 6.66. The van der Waals surface area contributed by atoms with Crippen molar-refractivity contribution in [1.82, 2.24) is 9.13 Å². The molecule has 0 unspecified atom stereocenters. The summed E-state index contributed by atoms with van der Waals surface area (Å²) in [5.41, 5.74) is 5.11. The van der Waals surface area contributed by atoms with Crippen LogP contribution in [0.3, 0.4) is 0 Å². The lowest BCUT2D eigenvalue weighted by Gasteiger charge is -2.12. The summed E-state index contributed by atoms with van der Waals surface area (Å²) in [4.78, 5) is 31.0. The Kier molecular flexibility index (Phi) is 4.70. The number of amidine groups is 4. The molecule has 0 saturated heterocycles. The van der Waals surface area contributed by atoms with Crippen molar-refractivity contribution in [3.8, 4) is 11.5 Å². The quantitative estimate of drug-likeness (QED) is 0.283. The van der Waals surface area contributed by atoms with Crippen molar-refractivity contribution in [3.63, 3.8) is 0 Å². The first-order valence-electron chi connectivity index (χ1n) is 14.6. The minimum absolute atomic E-state index is 0.359. The van der Waals surface area contributed by atoms with E-state index < -0.39 is 0 Å². The lowest BCUT2D eigenvalue weighted by Crippen LogP contribution is -2.32. The van der Waals surface area contributed by atoms with Crippen molar-refractivity contribution in [1.29, 1.82) is 0 Å². The van der Waals surface area contributed by atoms with E-state index in [-0.39, 0.29) is 0 Å². The molecule has 10 nitrogen and oxygen atoms in total. The van der Waals surface area contributed by atoms with E-state index >= 15 is 0 Å². The van der Waals surface area contributed by atoms with Crippen molar-refractivity contribution in [2.75, 3.05) is 14.2 Å². The molecule has 4 aliphatic rings. The smallest absolute Gasteiger partial charge is 0.164 e. The first kappa shape index (κ1) is 24.3. The molecule has 0 amide bonds. The van der Waals surface area contributed by atoms with Crippen LogP contribution in [0.5, 0.6) is 11.5 Å². The molecule has 2 aromatic heterocycles. The molecule has 4 aliphatic heterocycles. The monoisotopic (exact) mass is 586 g/mol. The van der Waals surface area contributed by atoms with Crippen LogP contribution in [-0.2, 0) is 6.67 Å². The Labute approximate surface area is 255 Å². The lowest BCUT2D eigenvalue weighted by atomic mass is 10.1. The van der Waals surface area contributed by atoms with Crippen LogP contribution in [0.2, 0.25) is 0 Å². The van der Waals surface area contributed by atoms with Crippen LogP contribution in [0.15, 0.2) is 115 Å². The molecule has 0 fully saturated rings. The minimum Gasteiger partial charge on any atom is -0.497 e. The molecule has 6 aromatic rings. The number of hydrogen-bond acceptors (Lipinski definition) is 8. The maximum Gasteiger partial charge on any atom is 0.164 e. The third-order valence-corrected chi connectivity index (χ3v) is 8.81. The Morgan fingerprint density at radius 2 is 1.00 bits per heavy atom. The minimum atomic E-state index is 0.359. The van der Waals surface area contributed by atoms with Crippen LogP contribution >= 0.6 is 0 Å². The van der Waals surface area contributed by atoms with Gasteiger partial charge in [-0.25, -0.2) is 30.0 Å². The van der Waals surface area contributed by atoms with Crippen molar-refractivity contribution in [3.05, 3.63) is 118 Å². The predicted molar refractivity (Wildman–Crippen MR) is 173 cm³/mol. The van der Waals surface area contributed by atoms with Gasteiger partial charge in [0.1, 0.15) is 40.8 Å². The molecule has 4 aromatic carbocycles. The second kappa shape index (κ2) is 8.70. The van der Waals surface area contributed by atoms with Gasteiger partial charge < -0.3 is 9.47 Å². The lowest BCUT2D eigenvalue weighted by molar-refractivity contribution is 0.414. The number of rotatable bonds is 2. The summed E-state index contributed by atoms with van der Waals surface area (Å²) in [5.74, 6) is 5.23. The van der Waals surface area contributed by atoms with Gasteiger partial charge in [-0.05, 0) is 36.4 Å². The van der Waals surface area contributed by atoms with Crippen LogP contribution in [-0.4, -0.2) is 46.7 Å². The van der Waals surface area contributed by atoms with E-state index in [9.17, 15) is 0 Å². The largest absolute Gasteiger partial charge is 0.497 e. The standard InChI is InChI=1S/C35H22N8O2/c1-44-18-11-13-22-26(15-18)31-37-30(22)40-33-24-10-6-5-9-23(24)32-38-28-20-7-3-4-8-21(20)29(36-28)39-34-25-14-12-19(45-2)16-27(25)35(41-31)43(34)17-42(32)33/h3-16H,17H2,1-2H3/b38-28?,38-32-,39-29-,39-34?,40-30?,40-33-,41-31-,41-35?. The second-order valence-electron chi connectivity index (χ2n) is 11.2. The molecule has 0 spiro atoms. The highest BCUT2D eigenvalue weighted by atomic mass is 16.5. The number of ether oxygens (including phenoxy) is 2. The van der Waals surface area contributed by atoms with Gasteiger partial charge >= 0.3 is 0 Å². The van der Waals surface area contributed by atoms with E-state index in [2.05, 4.69) is 21.3 Å². The molecule has 0 saturated carbocycles. The SMILES string of the molecule is COc1ccc2c(c1)/C1=N/c3c4cc(OC)ccc4c4n3Cn3/c(c5ccccc5/c3=N/C2=N1)=N\C1=NC(=N\4)/c2ccccc21. The van der Waals surface area contributed by atoms with Crippen molar-refractivity contribution >= 4 is 56.5 Å². The first-order chi connectivity index (χ1) is 22.2. The zero-order chi connectivity index (χ0) is 29.8. The van der Waals surface area contributed by atoms with Gasteiger partial charge in [-0.2, -0.15) is 0 Å². The average molecular weight is 587 g/mol. The van der Waals surface area contributed by atoms with Crippen molar-refractivity contribution in [2.24, 2.45) is 30.0 Å². The summed E-state index contributed by atoms with van der Waals surface area (Å²) >= 11 is 0. The summed E-state index contributed by atoms with van der Waals surface area (Å²) < 4.78 is 15.5. The van der Waals surface area contributed by atoms with Crippen LogP contribution in [0.1, 0.15) is 22.3 Å². The molecular weight excluding hydrogens is 564 g/mol. The zero-order valence-corrected chi connectivity index (χ0v) is 24.2. The van der Waals surface area contributed by atoms with Gasteiger partial charge in [0.2, 0.25) is 0 Å². The topological polar surface area (TPSA) is 102 Å². The zero-order valence-electron chi connectivity index (χ0n) is 24.2. The van der Waals surface area contributed by atoms with Gasteiger partial charge in [-0.1, -0.05) is 48.5 Å². The van der Waals surface area contributed by atoms with Crippen LogP contribution < -0.4 is 20.4 Å². The summed E-state index contributed by atoms with van der Waals surface area (Å²) in [7, 11) is 3.32. The van der Waals surface area contributed by atoms with Crippen LogP contribution in [0.4, 0.5) is 11.6 Å². The molecule has 0 aliphatic carbocycles. The van der Waals surface area contributed by atoms with Crippen molar-refractivity contribution < 1.29 is 9.47 Å². The van der Waals surface area contributed by atoms with Gasteiger partial charge in [0, 0.05) is 43.8 Å². The van der Waals surface area contributed by atoms with Crippen LogP contribution in [0.25, 0.3) is 21.5 Å². The van der Waals surface area contributed by atoms with E-state index in [0.717, 1.165) is 72.1 Å². The van der Waals surface area contributed by atoms with Gasteiger partial charge in [0.15, 0.2) is 23.3 Å². The Bertz CT molecular complexity index is 2600. The molecular formula is C35H22N8O2. The van der Waals surface area contributed by atoms with Crippen LogP contribution in [0, 0.1) is 0 Å². The van der Waals surface area contributed by atoms with E-state index in [4.69, 9.17) is 39.4 Å². The summed E-state index contributed by atoms with van der Waals surface area (Å²) in [5, 5.41) is 3.75. The third kappa shape index (κ3) is 3.27. The summed E-state index contributed by atoms with van der Waals surface area (Å²) in [6.45, 7) is 0.359. The van der Waals surface area contributed by atoms with E-state index in [0.29, 0.717) is 35.8 Å². The molecule has 45 heavy (non-hydrogen) atoms. The second-order valence-corrected chi connectivity index (χ2v) is 11.2. The molecule has 0 radical (unpaired) electrons. The fraction of sp³-hybridized carbons (Fsp3) is 0.0857. The summed E-state index contributed by atoms with van der Waals surface area (Å²) in [6, 6.07) is 28.2. The highest BCUT2D eigenvalue weighted by Crippen LogP contribution is 2.42. The maximum atomic E-state index is 5.68. The van der Waals surface area contributed by atoms with E-state index in [1.165, 1.54) is 0 Å². The van der Waals surface area contributed by atoms with Gasteiger partial charge in [-0.3, -0.25) is 9.13 Å². The molecule has 214 valence electrons. The maximum absolute atomic E-state index is 5.68. The Hall–Kier alpha value is -6.16. The van der Waals surface area contributed by atoms with E-state index in [1.807, 2.05) is 72.8 Å². The normalized spacial score (nSPS) is 19.1. The fourth-order valence-electron chi connectivity index (χ4n) is 6.66. The molecule has 0 N–H and O–H groups in total. The average Bonchev–Trinajstić information content (AvgIpc) is 3.78. The number of fused-ring (bicyclic) bond motifs is 14. The number of hydrogen-bond donors (Lipinski definition) is 0. The molecule has 10 heteroatoms. The first-order valence-corrected chi connectivity index (χ1v) is 14.6. The van der Waals surface area contributed by atoms with E-state index in [1.54, 1.807) is 14.2 Å². The van der Waals surface area contributed by atoms with Gasteiger partial charge in [-0.15, -0.1) is 0 Å². The third-order valence-electron chi connectivity index (χ3n) is 8.81. The number of aromatic nitrogens is 2.